The molecule has 0 radical (unpaired) electrons. The molecule has 5 rings (SSSR count). The van der Waals surface area contributed by atoms with Crippen molar-refractivity contribution in [1.82, 2.24) is 20.0 Å². The van der Waals surface area contributed by atoms with E-state index in [9.17, 15) is 32.8 Å². The smallest absolute Gasteiger partial charge is 0.381 e. The summed E-state index contributed by atoms with van der Waals surface area (Å²) in [5.74, 6) is -1.89. The van der Waals surface area contributed by atoms with Gasteiger partial charge in [0.05, 0.1) is 17.7 Å². The minimum atomic E-state index is -4.64. The number of aromatic nitrogens is 2. The molecule has 3 heterocycles. The lowest BCUT2D eigenvalue weighted by molar-refractivity contribution is -0.137. The molecule has 1 aliphatic carbocycles. The molecule has 1 aromatic heterocycles. The predicted octanol–water partition coefficient (Wildman–Crippen LogP) is 4.29. The minimum absolute atomic E-state index is 0.0638. The molecule has 2 fully saturated rings. The fourth-order valence-corrected chi connectivity index (χ4v) is 6.20. The number of carbonyl (C=O) groups excluding carboxylic acids is 3. The van der Waals surface area contributed by atoms with Crippen LogP contribution in [0.1, 0.15) is 89.9 Å². The topological polar surface area (TPSA) is 121 Å². The van der Waals surface area contributed by atoms with Crippen molar-refractivity contribution in [2.45, 2.75) is 76.2 Å². The standard InChI is InChI=1S/C30H35F3N6O4/c1-4-38-27-23(25(28(41)37(3)17(2)16-34)36-39(27)21-11-13-43-14-12-21)22(18-7-5-8-18)24(29(38)42)35-26(40)19-9-6-10-20(15-19)30(31,32)33/h6,9-10,15,17-18,21-22,24H,4-5,7-8,11-14H2,1-3H3,(H,35,40)/t17?,22-,24-/m0/s1. The first-order valence-electron chi connectivity index (χ1n) is 14.6. The van der Waals surface area contributed by atoms with Crippen molar-refractivity contribution < 1.29 is 32.3 Å². The van der Waals surface area contributed by atoms with E-state index in [1.54, 1.807) is 18.5 Å². The van der Waals surface area contributed by atoms with Crippen LogP contribution in [0.15, 0.2) is 24.3 Å². The fourth-order valence-electron chi connectivity index (χ4n) is 6.20. The number of ether oxygens (including phenoxy) is 1. The van der Waals surface area contributed by atoms with Crippen LogP contribution in [0, 0.1) is 17.2 Å². The third kappa shape index (κ3) is 5.60. The fraction of sp³-hybridized carbons (Fsp3) is 0.567. The van der Waals surface area contributed by atoms with Crippen LogP contribution in [0.2, 0.25) is 0 Å². The van der Waals surface area contributed by atoms with Crippen molar-refractivity contribution in [1.29, 1.82) is 5.26 Å². The van der Waals surface area contributed by atoms with E-state index in [0.717, 1.165) is 37.5 Å². The Labute approximate surface area is 247 Å². The van der Waals surface area contributed by atoms with Gasteiger partial charge in [0.15, 0.2) is 5.69 Å². The van der Waals surface area contributed by atoms with Crippen LogP contribution in [0.4, 0.5) is 19.0 Å². The number of halogens is 3. The van der Waals surface area contributed by atoms with Gasteiger partial charge in [-0.15, -0.1) is 0 Å². The summed E-state index contributed by atoms with van der Waals surface area (Å²) in [7, 11) is 1.52. The van der Waals surface area contributed by atoms with Gasteiger partial charge in [0.2, 0.25) is 0 Å². The molecule has 0 bridgehead atoms. The molecule has 230 valence electrons. The highest BCUT2D eigenvalue weighted by molar-refractivity contribution is 6.07. The number of amides is 3. The second-order valence-electron chi connectivity index (χ2n) is 11.4. The number of rotatable bonds is 7. The van der Waals surface area contributed by atoms with E-state index in [-0.39, 0.29) is 29.8 Å². The highest BCUT2D eigenvalue weighted by atomic mass is 19.4. The number of nitrogens with one attached hydrogen (secondary N) is 1. The molecule has 0 spiro atoms. The van der Waals surface area contributed by atoms with Gasteiger partial charge in [-0.2, -0.15) is 23.5 Å². The van der Waals surface area contributed by atoms with Crippen molar-refractivity contribution in [2.75, 3.05) is 31.7 Å². The second kappa shape index (κ2) is 12.0. The number of nitriles is 1. The SMILES string of the molecule is CCN1C(=O)[C@@H](NC(=O)c2cccc(C(F)(F)F)c2)[C@@H](C2CCC2)c2c(C(=O)N(C)C(C)C#N)nn(C3CCOCC3)c21. The van der Waals surface area contributed by atoms with E-state index in [1.807, 2.05) is 0 Å². The predicted molar refractivity (Wildman–Crippen MR) is 149 cm³/mol. The lowest BCUT2D eigenvalue weighted by Gasteiger charge is -2.44. The van der Waals surface area contributed by atoms with Gasteiger partial charge in [0, 0.05) is 43.9 Å². The average Bonchev–Trinajstić information content (AvgIpc) is 3.37. The molecule has 1 saturated heterocycles. The quantitative estimate of drug-likeness (QED) is 0.507. The molecule has 2 aliphatic heterocycles. The zero-order chi connectivity index (χ0) is 31.1. The van der Waals surface area contributed by atoms with E-state index in [0.29, 0.717) is 37.4 Å². The van der Waals surface area contributed by atoms with Gasteiger partial charge in [0.25, 0.3) is 17.7 Å². The average molecular weight is 601 g/mol. The number of fused-ring (bicyclic) bond motifs is 1. The summed E-state index contributed by atoms with van der Waals surface area (Å²) < 4.78 is 47.5. The molecule has 1 aromatic carbocycles. The van der Waals surface area contributed by atoms with E-state index in [1.165, 1.54) is 22.9 Å². The van der Waals surface area contributed by atoms with Crippen LogP contribution in [-0.2, 0) is 15.7 Å². The molecule has 13 heteroatoms. The lowest BCUT2D eigenvalue weighted by atomic mass is 9.68. The number of nitrogens with zero attached hydrogens (tertiary/aromatic N) is 5. The summed E-state index contributed by atoms with van der Waals surface area (Å²) in [6.45, 7) is 4.59. The summed E-state index contributed by atoms with van der Waals surface area (Å²) in [5, 5.41) is 17.1. The Morgan fingerprint density at radius 1 is 1.23 bits per heavy atom. The maximum Gasteiger partial charge on any atom is 0.416 e. The van der Waals surface area contributed by atoms with E-state index >= 15 is 0 Å². The molecular weight excluding hydrogens is 565 g/mol. The van der Waals surface area contributed by atoms with Crippen LogP contribution in [0.3, 0.4) is 0 Å². The van der Waals surface area contributed by atoms with E-state index in [4.69, 9.17) is 9.84 Å². The molecular formula is C30H35F3N6O4. The molecule has 3 aliphatic rings. The van der Waals surface area contributed by atoms with Gasteiger partial charge < -0.3 is 15.0 Å². The largest absolute Gasteiger partial charge is 0.416 e. The zero-order valence-corrected chi connectivity index (χ0v) is 24.4. The van der Waals surface area contributed by atoms with Crippen LogP contribution in [0.5, 0.6) is 0 Å². The Hall–Kier alpha value is -3.92. The molecule has 1 saturated carbocycles. The first-order chi connectivity index (χ1) is 20.5. The van der Waals surface area contributed by atoms with Crippen LogP contribution >= 0.6 is 0 Å². The molecule has 43 heavy (non-hydrogen) atoms. The maximum atomic E-state index is 14.2. The third-order valence-electron chi connectivity index (χ3n) is 8.94. The molecule has 2 aromatic rings. The third-order valence-corrected chi connectivity index (χ3v) is 8.94. The maximum absolute atomic E-state index is 14.2. The number of benzene rings is 1. The summed E-state index contributed by atoms with van der Waals surface area (Å²) in [5.41, 5.74) is -0.537. The van der Waals surface area contributed by atoms with Crippen molar-refractivity contribution in [3.8, 4) is 6.07 Å². The van der Waals surface area contributed by atoms with Gasteiger partial charge in [-0.3, -0.25) is 19.3 Å². The monoisotopic (exact) mass is 600 g/mol. The summed E-state index contributed by atoms with van der Waals surface area (Å²) >= 11 is 0. The highest BCUT2D eigenvalue weighted by Crippen LogP contribution is 2.50. The number of hydrogen-bond acceptors (Lipinski definition) is 6. The Bertz CT molecular complexity index is 1440. The number of hydrogen-bond donors (Lipinski definition) is 1. The van der Waals surface area contributed by atoms with Gasteiger partial charge in [0.1, 0.15) is 17.9 Å². The summed E-state index contributed by atoms with van der Waals surface area (Å²) in [6, 6.07) is 4.13. The Morgan fingerprint density at radius 2 is 1.93 bits per heavy atom. The van der Waals surface area contributed by atoms with Crippen molar-refractivity contribution in [3.05, 3.63) is 46.6 Å². The van der Waals surface area contributed by atoms with Crippen molar-refractivity contribution >= 4 is 23.5 Å². The number of carbonyl (C=O) groups is 3. The molecule has 1 unspecified atom stereocenters. The highest BCUT2D eigenvalue weighted by Gasteiger charge is 2.51. The normalized spacial score (nSPS) is 21.9. The van der Waals surface area contributed by atoms with Gasteiger partial charge in [-0.05, 0) is 63.6 Å². The Balaban J connectivity index is 1.64. The Kier molecular flexibility index (Phi) is 8.51. The number of anilines is 1. The van der Waals surface area contributed by atoms with Crippen LogP contribution in [-0.4, -0.2) is 71.3 Å². The number of likely N-dealkylation sites (N-methyl/N-ethyl adjacent to an activating group) is 1. The van der Waals surface area contributed by atoms with Crippen molar-refractivity contribution in [2.24, 2.45) is 5.92 Å². The van der Waals surface area contributed by atoms with Crippen LogP contribution < -0.4 is 10.2 Å². The molecule has 10 nitrogen and oxygen atoms in total. The minimum Gasteiger partial charge on any atom is -0.381 e. The first-order valence-corrected chi connectivity index (χ1v) is 14.6. The zero-order valence-electron chi connectivity index (χ0n) is 24.4. The molecule has 1 N–H and O–H groups in total. The van der Waals surface area contributed by atoms with Crippen molar-refractivity contribution in [3.63, 3.8) is 0 Å². The Morgan fingerprint density at radius 3 is 2.51 bits per heavy atom. The van der Waals surface area contributed by atoms with E-state index in [2.05, 4.69) is 11.4 Å². The summed E-state index contributed by atoms with van der Waals surface area (Å²) in [4.78, 5) is 44.4. The molecule has 3 amide bonds. The number of alkyl halides is 3. The second-order valence-corrected chi connectivity index (χ2v) is 11.4. The van der Waals surface area contributed by atoms with Gasteiger partial charge >= 0.3 is 6.18 Å². The van der Waals surface area contributed by atoms with E-state index < -0.39 is 47.5 Å². The summed E-state index contributed by atoms with van der Waals surface area (Å²) in [6.07, 6.45) is -0.984. The van der Waals surface area contributed by atoms with Gasteiger partial charge in [-0.25, -0.2) is 4.68 Å². The van der Waals surface area contributed by atoms with Crippen LogP contribution in [0.25, 0.3) is 0 Å². The molecule has 3 atom stereocenters. The lowest BCUT2D eigenvalue weighted by Crippen LogP contribution is -2.57. The first kappa shape index (κ1) is 30.5. The van der Waals surface area contributed by atoms with Gasteiger partial charge in [-0.1, -0.05) is 12.5 Å².